The van der Waals surface area contributed by atoms with Crippen molar-refractivity contribution >= 4 is 17.5 Å². The van der Waals surface area contributed by atoms with Gasteiger partial charge >= 0.3 is 0 Å². The second-order valence-electron chi connectivity index (χ2n) is 8.09. The first-order valence-corrected chi connectivity index (χ1v) is 10.2. The number of hydrogen-bond acceptors (Lipinski definition) is 6. The van der Waals surface area contributed by atoms with E-state index in [0.29, 0.717) is 18.0 Å². The van der Waals surface area contributed by atoms with Gasteiger partial charge in [-0.15, -0.1) is 0 Å². The molecule has 2 heterocycles. The number of nitrogens with one attached hydrogen (secondary N) is 2. The fourth-order valence-corrected chi connectivity index (χ4v) is 4.15. The summed E-state index contributed by atoms with van der Waals surface area (Å²) in [6, 6.07) is 5.50. The Morgan fingerprint density at radius 3 is 2.83 bits per heavy atom. The van der Waals surface area contributed by atoms with Crippen LogP contribution in [0.3, 0.4) is 0 Å². The number of fused-ring (bicyclic) bond motifs is 3. The number of aliphatic hydroxyl groups is 1. The molecule has 1 saturated carbocycles. The number of anilines is 1. The van der Waals surface area contributed by atoms with E-state index in [1.54, 1.807) is 6.07 Å². The molecular weight excluding hydrogens is 376 g/mol. The van der Waals surface area contributed by atoms with Crippen molar-refractivity contribution in [3.05, 3.63) is 23.8 Å². The van der Waals surface area contributed by atoms with E-state index in [2.05, 4.69) is 10.6 Å². The molecule has 3 aliphatic rings. The zero-order chi connectivity index (χ0) is 20.4. The van der Waals surface area contributed by atoms with E-state index in [0.717, 1.165) is 17.9 Å². The number of aliphatic hydroxyl groups excluding tert-OH is 1. The van der Waals surface area contributed by atoms with Crippen LogP contribution >= 0.6 is 0 Å². The number of benzene rings is 1. The van der Waals surface area contributed by atoms with Gasteiger partial charge in [-0.25, -0.2) is 0 Å². The number of carbonyl (C=O) groups excluding carboxylic acids is 2. The first kappa shape index (κ1) is 20.1. The van der Waals surface area contributed by atoms with Crippen molar-refractivity contribution in [3.63, 3.8) is 0 Å². The molecule has 0 radical (unpaired) electrons. The maximum atomic E-state index is 12.3. The van der Waals surface area contributed by atoms with Gasteiger partial charge in [-0.3, -0.25) is 9.59 Å². The van der Waals surface area contributed by atoms with Crippen LogP contribution in [0.1, 0.15) is 37.2 Å². The molecule has 1 saturated heterocycles. The minimum atomic E-state index is -0.492. The lowest BCUT2D eigenvalue weighted by Crippen LogP contribution is -2.47. The number of methoxy groups -OCH3 is 1. The van der Waals surface area contributed by atoms with E-state index in [4.69, 9.17) is 14.2 Å². The van der Waals surface area contributed by atoms with E-state index in [1.165, 1.54) is 20.0 Å². The summed E-state index contributed by atoms with van der Waals surface area (Å²) >= 11 is 0. The Hall–Kier alpha value is -2.16. The molecule has 2 fully saturated rings. The topological polar surface area (TPSA) is 106 Å². The third-order valence-electron chi connectivity index (χ3n) is 5.76. The monoisotopic (exact) mass is 404 g/mol. The Kier molecular flexibility index (Phi) is 6.03. The highest BCUT2D eigenvalue weighted by atomic mass is 16.6. The second-order valence-corrected chi connectivity index (χ2v) is 8.09. The minimum absolute atomic E-state index is 0.00332. The Bertz CT molecular complexity index is 766. The zero-order valence-electron chi connectivity index (χ0n) is 16.6. The summed E-state index contributed by atoms with van der Waals surface area (Å²) < 4.78 is 16.9. The highest BCUT2D eigenvalue weighted by Crippen LogP contribution is 2.47. The first-order chi connectivity index (χ1) is 14.1. The molecule has 4 rings (SSSR count). The van der Waals surface area contributed by atoms with Gasteiger partial charge in [0.25, 0.3) is 0 Å². The molecule has 1 aromatic carbocycles. The average molecular weight is 404 g/mol. The van der Waals surface area contributed by atoms with Gasteiger partial charge in [0.05, 0.1) is 19.1 Å². The zero-order valence-corrected chi connectivity index (χ0v) is 16.6. The Morgan fingerprint density at radius 2 is 2.10 bits per heavy atom. The van der Waals surface area contributed by atoms with Crippen LogP contribution in [-0.2, 0) is 19.1 Å². The van der Waals surface area contributed by atoms with E-state index in [9.17, 15) is 14.7 Å². The number of ether oxygens (including phenoxy) is 3. The Morgan fingerprint density at radius 1 is 1.28 bits per heavy atom. The van der Waals surface area contributed by atoms with Crippen LogP contribution in [0.4, 0.5) is 5.69 Å². The van der Waals surface area contributed by atoms with Gasteiger partial charge in [0.15, 0.2) is 0 Å². The molecule has 8 nitrogen and oxygen atoms in total. The van der Waals surface area contributed by atoms with Crippen LogP contribution in [0.5, 0.6) is 5.75 Å². The lowest BCUT2D eigenvalue weighted by molar-refractivity contribution is -0.142. The fraction of sp³-hybridized carbons (Fsp3) is 0.619. The number of amides is 2. The maximum absolute atomic E-state index is 12.3. The molecule has 1 aliphatic carbocycles. The van der Waals surface area contributed by atoms with Gasteiger partial charge in [0.2, 0.25) is 11.8 Å². The van der Waals surface area contributed by atoms with Gasteiger partial charge in [-0.2, -0.15) is 0 Å². The van der Waals surface area contributed by atoms with E-state index in [-0.39, 0.29) is 49.6 Å². The van der Waals surface area contributed by atoms with Crippen LogP contribution in [0.15, 0.2) is 18.2 Å². The van der Waals surface area contributed by atoms with Crippen molar-refractivity contribution in [3.8, 4) is 5.75 Å². The molecule has 29 heavy (non-hydrogen) atoms. The molecule has 2 aliphatic heterocycles. The van der Waals surface area contributed by atoms with E-state index < -0.39 is 6.10 Å². The van der Waals surface area contributed by atoms with Crippen LogP contribution in [-0.4, -0.2) is 62.1 Å². The first-order valence-electron chi connectivity index (χ1n) is 10.2. The summed E-state index contributed by atoms with van der Waals surface area (Å²) in [5, 5.41) is 15.6. The van der Waals surface area contributed by atoms with Crippen molar-refractivity contribution in [2.24, 2.45) is 5.92 Å². The van der Waals surface area contributed by atoms with Crippen LogP contribution in [0.2, 0.25) is 0 Å². The lowest BCUT2D eigenvalue weighted by Gasteiger charge is -2.37. The van der Waals surface area contributed by atoms with Crippen molar-refractivity contribution < 1.29 is 28.9 Å². The predicted octanol–water partition coefficient (Wildman–Crippen LogP) is 1.18. The highest BCUT2D eigenvalue weighted by Gasteiger charge is 2.46. The molecule has 2 amide bonds. The summed E-state index contributed by atoms with van der Waals surface area (Å²) in [4.78, 5) is 24.1. The minimum Gasteiger partial charge on any atom is -0.487 e. The quantitative estimate of drug-likeness (QED) is 0.601. The Labute approximate surface area is 169 Å². The van der Waals surface area contributed by atoms with Crippen molar-refractivity contribution in [2.45, 2.75) is 49.9 Å². The molecular formula is C21H28N2O6. The standard InChI is InChI=1S/C21H28N2O6/c1-27-11-20(26)23-13-4-5-17-15(6-13)16-7-14(28-18(10-24)21(16)29-17)8-19(25)22-9-12-2-3-12/h4-6,12,14,16,18,21,24H,2-3,7-11H2,1H3,(H,22,25)(H,23,26)/t14-,16-,18-,21+/m0/s1. The van der Waals surface area contributed by atoms with Crippen molar-refractivity contribution in [1.82, 2.24) is 5.32 Å². The molecule has 0 spiro atoms. The van der Waals surface area contributed by atoms with E-state index in [1.807, 2.05) is 12.1 Å². The summed E-state index contributed by atoms with van der Waals surface area (Å²) in [6.45, 7) is 0.544. The van der Waals surface area contributed by atoms with Crippen LogP contribution < -0.4 is 15.4 Å². The number of carbonyl (C=O) groups is 2. The SMILES string of the molecule is COCC(=O)Nc1ccc2c(c1)[C@@H]1C[C@@H](CC(=O)NCC3CC3)O[C@@H](CO)[C@@H]1O2. The van der Waals surface area contributed by atoms with Gasteiger partial charge in [-0.05, 0) is 43.4 Å². The molecule has 8 heteroatoms. The maximum Gasteiger partial charge on any atom is 0.250 e. The van der Waals surface area contributed by atoms with Crippen molar-refractivity contribution in [2.75, 3.05) is 32.2 Å². The molecule has 1 aromatic rings. The lowest BCUT2D eigenvalue weighted by atomic mass is 9.84. The average Bonchev–Trinajstić information content (AvgIpc) is 3.46. The van der Waals surface area contributed by atoms with Gasteiger partial charge in [0.1, 0.15) is 24.6 Å². The van der Waals surface area contributed by atoms with Crippen LogP contribution in [0.25, 0.3) is 0 Å². The fourth-order valence-electron chi connectivity index (χ4n) is 4.15. The molecule has 0 unspecified atom stereocenters. The van der Waals surface area contributed by atoms with Crippen molar-refractivity contribution in [1.29, 1.82) is 0 Å². The molecule has 0 aromatic heterocycles. The molecule has 158 valence electrons. The van der Waals surface area contributed by atoms with E-state index >= 15 is 0 Å². The molecule has 4 atom stereocenters. The van der Waals surface area contributed by atoms with Crippen LogP contribution in [0, 0.1) is 5.92 Å². The smallest absolute Gasteiger partial charge is 0.250 e. The number of rotatable bonds is 8. The second kappa shape index (κ2) is 8.69. The van der Waals surface area contributed by atoms with Gasteiger partial charge in [-0.1, -0.05) is 0 Å². The summed E-state index contributed by atoms with van der Waals surface area (Å²) in [5.41, 5.74) is 1.64. The number of hydrogen-bond donors (Lipinski definition) is 3. The highest BCUT2D eigenvalue weighted by molar-refractivity contribution is 5.91. The van der Waals surface area contributed by atoms with Gasteiger partial charge in [0, 0.05) is 30.8 Å². The predicted molar refractivity (Wildman–Crippen MR) is 105 cm³/mol. The summed E-state index contributed by atoms with van der Waals surface area (Å²) in [6.07, 6.45) is 2.20. The third-order valence-corrected chi connectivity index (χ3v) is 5.76. The van der Waals surface area contributed by atoms with Gasteiger partial charge < -0.3 is 30.0 Å². The third kappa shape index (κ3) is 4.71. The normalized spacial score (nSPS) is 27.5. The summed E-state index contributed by atoms with van der Waals surface area (Å²) in [5.74, 6) is 1.11. The largest absolute Gasteiger partial charge is 0.487 e. The summed E-state index contributed by atoms with van der Waals surface area (Å²) in [7, 11) is 1.47. The molecule has 3 N–H and O–H groups in total. The Balaban J connectivity index is 1.44. The molecule has 0 bridgehead atoms.